The molecule has 0 fully saturated rings. The lowest BCUT2D eigenvalue weighted by molar-refractivity contribution is -0.118. The summed E-state index contributed by atoms with van der Waals surface area (Å²) < 4.78 is 0. The molecule has 1 atom stereocenters. The third-order valence-corrected chi connectivity index (χ3v) is 3.50. The number of nitriles is 1. The summed E-state index contributed by atoms with van der Waals surface area (Å²) in [5.41, 5.74) is 3.75. The van der Waals surface area contributed by atoms with E-state index in [0.29, 0.717) is 6.42 Å². The van der Waals surface area contributed by atoms with Gasteiger partial charge in [-0.05, 0) is 49.1 Å². The van der Waals surface area contributed by atoms with Gasteiger partial charge in [-0.3, -0.25) is 9.78 Å². The van der Waals surface area contributed by atoms with E-state index in [4.69, 9.17) is 0 Å². The Hall–Kier alpha value is -2.67. The van der Waals surface area contributed by atoms with Gasteiger partial charge in [0.25, 0.3) is 0 Å². The number of rotatable bonds is 4. The second kappa shape index (κ2) is 6.67. The Kier molecular flexibility index (Phi) is 4.68. The van der Waals surface area contributed by atoms with Crippen LogP contribution in [0.15, 0.2) is 42.7 Å². The van der Waals surface area contributed by atoms with Crippen molar-refractivity contribution >= 4 is 11.6 Å². The number of hydrogen-bond acceptors (Lipinski definition) is 3. The second-order valence-corrected chi connectivity index (χ2v) is 4.98. The van der Waals surface area contributed by atoms with Crippen LogP contribution < -0.4 is 5.32 Å². The number of amides is 1. The molecule has 0 aliphatic rings. The van der Waals surface area contributed by atoms with Crippen LogP contribution in [0.3, 0.4) is 0 Å². The fraction of sp³-hybridized carbons (Fsp3) is 0.235. The second-order valence-electron chi connectivity index (χ2n) is 4.98. The van der Waals surface area contributed by atoms with Crippen LogP contribution in [0.5, 0.6) is 0 Å². The van der Waals surface area contributed by atoms with Crippen LogP contribution in [0.25, 0.3) is 0 Å². The van der Waals surface area contributed by atoms with E-state index in [1.165, 1.54) is 0 Å². The summed E-state index contributed by atoms with van der Waals surface area (Å²) in [7, 11) is 0. The fourth-order valence-corrected chi connectivity index (χ4v) is 2.06. The van der Waals surface area contributed by atoms with Crippen molar-refractivity contribution < 1.29 is 4.79 Å². The molecule has 1 aromatic heterocycles. The van der Waals surface area contributed by atoms with Gasteiger partial charge in [-0.1, -0.05) is 18.2 Å². The summed E-state index contributed by atoms with van der Waals surface area (Å²) in [5, 5.41) is 12.1. The number of nitrogens with zero attached hydrogens (tertiary/aromatic N) is 2. The largest absolute Gasteiger partial charge is 0.325 e. The first-order valence-electron chi connectivity index (χ1n) is 6.77. The van der Waals surface area contributed by atoms with E-state index in [0.717, 1.165) is 22.4 Å². The zero-order valence-corrected chi connectivity index (χ0v) is 12.1. The number of hydrogen-bond donors (Lipinski definition) is 1. The minimum atomic E-state index is -0.728. The molecule has 1 N–H and O–H groups in total. The van der Waals surface area contributed by atoms with Gasteiger partial charge < -0.3 is 5.32 Å². The summed E-state index contributed by atoms with van der Waals surface area (Å²) in [6.45, 7) is 3.94. The number of pyridine rings is 1. The van der Waals surface area contributed by atoms with E-state index in [1.807, 2.05) is 38.1 Å². The Labute approximate surface area is 124 Å². The van der Waals surface area contributed by atoms with E-state index in [2.05, 4.69) is 16.4 Å². The van der Waals surface area contributed by atoms with Gasteiger partial charge in [-0.2, -0.15) is 5.26 Å². The Morgan fingerprint density at radius 1 is 1.33 bits per heavy atom. The van der Waals surface area contributed by atoms with Gasteiger partial charge in [-0.25, -0.2) is 0 Å². The summed E-state index contributed by atoms with van der Waals surface area (Å²) in [5.74, 6) is -1.01. The van der Waals surface area contributed by atoms with Gasteiger partial charge in [0.2, 0.25) is 5.91 Å². The van der Waals surface area contributed by atoms with Crippen molar-refractivity contribution in [1.82, 2.24) is 4.98 Å². The minimum absolute atomic E-state index is 0.282. The van der Waals surface area contributed by atoms with E-state index in [-0.39, 0.29) is 5.91 Å². The maximum atomic E-state index is 12.3. The van der Waals surface area contributed by atoms with Crippen LogP contribution in [0.4, 0.5) is 5.69 Å². The highest BCUT2D eigenvalue weighted by Crippen LogP contribution is 2.19. The quantitative estimate of drug-likeness (QED) is 0.935. The molecule has 0 aliphatic heterocycles. The highest BCUT2D eigenvalue weighted by molar-refractivity contribution is 5.95. The van der Waals surface area contributed by atoms with E-state index in [1.54, 1.807) is 18.5 Å². The van der Waals surface area contributed by atoms with Gasteiger partial charge >= 0.3 is 0 Å². The molecule has 0 radical (unpaired) electrons. The number of nitrogens with one attached hydrogen (secondary N) is 1. The molecule has 1 amide bonds. The molecule has 2 rings (SSSR count). The van der Waals surface area contributed by atoms with Gasteiger partial charge in [0.05, 0.1) is 6.07 Å². The molecule has 0 saturated carbocycles. The monoisotopic (exact) mass is 279 g/mol. The normalized spacial score (nSPS) is 11.5. The van der Waals surface area contributed by atoms with E-state index < -0.39 is 5.92 Å². The Morgan fingerprint density at radius 3 is 2.81 bits per heavy atom. The number of benzene rings is 1. The van der Waals surface area contributed by atoms with Crippen molar-refractivity contribution in [3.05, 3.63) is 59.4 Å². The van der Waals surface area contributed by atoms with Crippen LogP contribution in [-0.4, -0.2) is 10.9 Å². The minimum Gasteiger partial charge on any atom is -0.325 e. The van der Waals surface area contributed by atoms with Crippen molar-refractivity contribution in [2.75, 3.05) is 5.32 Å². The summed E-state index contributed by atoms with van der Waals surface area (Å²) in [6.07, 6.45) is 3.71. The molecule has 21 heavy (non-hydrogen) atoms. The number of aryl methyl sites for hydroxylation is 1. The lowest BCUT2D eigenvalue weighted by Crippen LogP contribution is -2.24. The molecule has 1 aromatic carbocycles. The SMILES string of the molecule is Cc1cccc(NC(=O)[C@@H](C#N)Cc2cccnc2)c1C. The van der Waals surface area contributed by atoms with Crippen LogP contribution in [0, 0.1) is 31.1 Å². The molecule has 1 heterocycles. The Bertz CT molecular complexity index is 674. The topological polar surface area (TPSA) is 65.8 Å². The average molecular weight is 279 g/mol. The lowest BCUT2D eigenvalue weighted by Gasteiger charge is -2.13. The highest BCUT2D eigenvalue weighted by atomic mass is 16.1. The zero-order valence-electron chi connectivity index (χ0n) is 12.1. The third kappa shape index (κ3) is 3.67. The third-order valence-electron chi connectivity index (χ3n) is 3.50. The predicted octanol–water partition coefficient (Wildman–Crippen LogP) is 3.02. The molecular weight excluding hydrogens is 262 g/mol. The van der Waals surface area contributed by atoms with Gasteiger partial charge in [0, 0.05) is 18.1 Å². The number of anilines is 1. The molecule has 4 nitrogen and oxygen atoms in total. The van der Waals surface area contributed by atoms with Gasteiger partial charge in [0.1, 0.15) is 5.92 Å². The van der Waals surface area contributed by atoms with Crippen molar-refractivity contribution in [2.24, 2.45) is 5.92 Å². The Balaban J connectivity index is 2.11. The van der Waals surface area contributed by atoms with Crippen molar-refractivity contribution in [3.63, 3.8) is 0 Å². The molecule has 2 aromatic rings. The summed E-state index contributed by atoms with van der Waals surface area (Å²) >= 11 is 0. The number of carbonyl (C=O) groups excluding carboxylic acids is 1. The zero-order chi connectivity index (χ0) is 15.2. The molecule has 4 heteroatoms. The molecule has 106 valence electrons. The molecular formula is C17H17N3O. The molecule has 0 unspecified atom stereocenters. The first-order valence-corrected chi connectivity index (χ1v) is 6.77. The average Bonchev–Trinajstić information content (AvgIpc) is 2.50. The van der Waals surface area contributed by atoms with Crippen molar-refractivity contribution in [1.29, 1.82) is 5.26 Å². The van der Waals surface area contributed by atoms with Gasteiger partial charge in [0.15, 0.2) is 0 Å². The van der Waals surface area contributed by atoms with E-state index in [9.17, 15) is 10.1 Å². The van der Waals surface area contributed by atoms with Crippen LogP contribution in [0.2, 0.25) is 0 Å². The predicted molar refractivity (Wildman–Crippen MR) is 81.6 cm³/mol. The summed E-state index contributed by atoms with van der Waals surface area (Å²) in [4.78, 5) is 16.3. The maximum Gasteiger partial charge on any atom is 0.242 e. The highest BCUT2D eigenvalue weighted by Gasteiger charge is 2.19. The number of aromatic nitrogens is 1. The summed E-state index contributed by atoms with van der Waals surface area (Å²) in [6, 6.07) is 11.5. The first kappa shape index (κ1) is 14.7. The first-order chi connectivity index (χ1) is 10.1. The van der Waals surface area contributed by atoms with Crippen LogP contribution >= 0.6 is 0 Å². The van der Waals surface area contributed by atoms with Crippen LogP contribution in [0.1, 0.15) is 16.7 Å². The van der Waals surface area contributed by atoms with Crippen molar-refractivity contribution in [3.8, 4) is 6.07 Å². The molecule has 0 bridgehead atoms. The Morgan fingerprint density at radius 2 is 2.14 bits per heavy atom. The van der Waals surface area contributed by atoms with Gasteiger partial charge in [-0.15, -0.1) is 0 Å². The standard InChI is InChI=1S/C17H17N3O/c1-12-5-3-7-16(13(12)2)20-17(21)15(10-18)9-14-6-4-8-19-11-14/h3-8,11,15H,9H2,1-2H3,(H,20,21)/t15-/m1/s1. The van der Waals surface area contributed by atoms with Crippen LogP contribution in [-0.2, 0) is 11.2 Å². The number of carbonyl (C=O) groups is 1. The molecule has 0 aliphatic carbocycles. The molecule has 0 saturated heterocycles. The van der Waals surface area contributed by atoms with Crippen molar-refractivity contribution in [2.45, 2.75) is 20.3 Å². The lowest BCUT2D eigenvalue weighted by atomic mass is 10.0. The molecule has 0 spiro atoms. The maximum absolute atomic E-state index is 12.3. The smallest absolute Gasteiger partial charge is 0.242 e. The van der Waals surface area contributed by atoms with E-state index >= 15 is 0 Å². The fourth-order valence-electron chi connectivity index (χ4n) is 2.06.